The van der Waals surface area contributed by atoms with Crippen molar-refractivity contribution in [3.63, 3.8) is 0 Å². The van der Waals surface area contributed by atoms with Crippen LogP contribution >= 0.6 is 0 Å². The van der Waals surface area contributed by atoms with Crippen molar-refractivity contribution < 1.29 is 0 Å². The van der Waals surface area contributed by atoms with Gasteiger partial charge in [0.1, 0.15) is 0 Å². The van der Waals surface area contributed by atoms with Crippen LogP contribution in [0.2, 0.25) is 0 Å². The van der Waals surface area contributed by atoms with Crippen LogP contribution in [0.15, 0.2) is 78.9 Å². The summed E-state index contributed by atoms with van der Waals surface area (Å²) in [4.78, 5) is 0. The zero-order valence-corrected chi connectivity index (χ0v) is 15.6. The third-order valence-electron chi connectivity index (χ3n) is 6.44. The number of hydrogen-bond acceptors (Lipinski definition) is 0. The second kappa shape index (κ2) is 4.85. The third-order valence-corrected chi connectivity index (χ3v) is 6.44. The topological polar surface area (TPSA) is 9.34 Å². The Bertz CT molecular complexity index is 1690. The lowest BCUT2D eigenvalue weighted by Crippen LogP contribution is -1.92. The third kappa shape index (κ3) is 1.49. The molecular weight excluding hydrogens is 340 g/mol. The standard InChI is InChI=1S/C26H18N2/c1-2-27-20-12-5-4-9-18(20)24-22(27)14-15-23-25(24)19-11-7-10-17-16-8-3-6-13-21(16)28(23)26(17)19/h3-15H,2H2,1H3. The Labute approximate surface area is 161 Å². The smallest absolute Gasteiger partial charge is 0.0620 e. The number of fused-ring (bicyclic) bond motifs is 10. The maximum Gasteiger partial charge on any atom is 0.0620 e. The van der Waals surface area contributed by atoms with Gasteiger partial charge in [0.25, 0.3) is 0 Å². The van der Waals surface area contributed by atoms with E-state index >= 15 is 0 Å². The summed E-state index contributed by atoms with van der Waals surface area (Å²) < 4.78 is 4.91. The molecule has 2 nitrogen and oxygen atoms in total. The van der Waals surface area contributed by atoms with Gasteiger partial charge >= 0.3 is 0 Å². The fourth-order valence-electron chi connectivity index (χ4n) is 5.40. The average Bonchev–Trinajstić information content (AvgIpc) is 3.37. The normalized spacial score (nSPS) is 12.6. The maximum absolute atomic E-state index is 2.47. The monoisotopic (exact) mass is 358 g/mol. The molecule has 7 rings (SSSR count). The summed E-state index contributed by atoms with van der Waals surface area (Å²) in [6.45, 7) is 3.21. The van der Waals surface area contributed by atoms with Crippen molar-refractivity contribution in [1.29, 1.82) is 0 Å². The molecule has 0 bridgehead atoms. The van der Waals surface area contributed by atoms with Crippen molar-refractivity contribution >= 4 is 59.9 Å². The Morgan fingerprint density at radius 2 is 1.18 bits per heavy atom. The van der Waals surface area contributed by atoms with E-state index in [0.29, 0.717) is 0 Å². The Morgan fingerprint density at radius 1 is 0.536 bits per heavy atom. The summed E-state index contributed by atoms with van der Waals surface area (Å²) in [5, 5.41) is 8.15. The highest BCUT2D eigenvalue weighted by atomic mass is 15.0. The molecule has 0 radical (unpaired) electrons. The highest BCUT2D eigenvalue weighted by molar-refractivity contribution is 6.32. The lowest BCUT2D eigenvalue weighted by atomic mass is 10.0. The molecule has 0 unspecified atom stereocenters. The number of aryl methyl sites for hydroxylation is 1. The van der Waals surface area contributed by atoms with Gasteiger partial charge in [-0.25, -0.2) is 0 Å². The molecular formula is C26H18N2. The van der Waals surface area contributed by atoms with Crippen LogP contribution in [-0.2, 0) is 6.54 Å². The number of hydrogen-bond donors (Lipinski definition) is 0. The number of para-hydroxylation sites is 3. The van der Waals surface area contributed by atoms with E-state index in [1.165, 1.54) is 59.9 Å². The van der Waals surface area contributed by atoms with Crippen LogP contribution in [-0.4, -0.2) is 8.97 Å². The fourth-order valence-corrected chi connectivity index (χ4v) is 5.40. The van der Waals surface area contributed by atoms with Gasteiger partial charge in [-0.1, -0.05) is 54.6 Å². The molecule has 0 aliphatic carbocycles. The molecule has 132 valence electrons. The molecule has 3 aromatic heterocycles. The summed E-state index contributed by atoms with van der Waals surface area (Å²) in [6.07, 6.45) is 0. The van der Waals surface area contributed by atoms with Gasteiger partial charge in [0.05, 0.1) is 16.6 Å². The molecule has 0 amide bonds. The van der Waals surface area contributed by atoms with E-state index in [1.807, 2.05) is 0 Å². The molecule has 0 aliphatic rings. The zero-order chi connectivity index (χ0) is 18.4. The van der Waals surface area contributed by atoms with Crippen LogP contribution in [0, 0.1) is 0 Å². The van der Waals surface area contributed by atoms with Gasteiger partial charge in [0.2, 0.25) is 0 Å². The molecule has 0 spiro atoms. The zero-order valence-electron chi connectivity index (χ0n) is 15.6. The number of rotatable bonds is 1. The average molecular weight is 358 g/mol. The molecule has 0 aliphatic heterocycles. The maximum atomic E-state index is 2.47. The Kier molecular flexibility index (Phi) is 2.51. The Hall–Kier alpha value is -3.52. The second-order valence-corrected chi connectivity index (χ2v) is 7.67. The van der Waals surface area contributed by atoms with Crippen molar-refractivity contribution in [2.24, 2.45) is 0 Å². The van der Waals surface area contributed by atoms with Crippen LogP contribution in [0.1, 0.15) is 6.92 Å². The number of nitrogens with zero attached hydrogens (tertiary/aromatic N) is 2. The summed E-state index contributed by atoms with van der Waals surface area (Å²) in [6, 6.07) is 29.0. The number of benzene rings is 4. The summed E-state index contributed by atoms with van der Waals surface area (Å²) in [7, 11) is 0. The van der Waals surface area contributed by atoms with Crippen LogP contribution in [0.3, 0.4) is 0 Å². The predicted octanol–water partition coefficient (Wildman–Crippen LogP) is 6.96. The van der Waals surface area contributed by atoms with Crippen molar-refractivity contribution in [2.45, 2.75) is 13.5 Å². The minimum Gasteiger partial charge on any atom is -0.341 e. The van der Waals surface area contributed by atoms with Crippen LogP contribution in [0.25, 0.3) is 59.9 Å². The van der Waals surface area contributed by atoms with Gasteiger partial charge in [-0.2, -0.15) is 0 Å². The van der Waals surface area contributed by atoms with Crippen molar-refractivity contribution in [3.05, 3.63) is 78.9 Å². The first-order chi connectivity index (χ1) is 13.9. The molecule has 3 heterocycles. The molecule has 0 N–H and O–H groups in total. The molecule has 7 aromatic rings. The summed E-state index contributed by atoms with van der Waals surface area (Å²) >= 11 is 0. The van der Waals surface area contributed by atoms with Gasteiger partial charge in [0.15, 0.2) is 0 Å². The van der Waals surface area contributed by atoms with Crippen molar-refractivity contribution in [1.82, 2.24) is 8.97 Å². The summed E-state index contributed by atoms with van der Waals surface area (Å²) in [5.74, 6) is 0. The predicted molar refractivity (Wildman–Crippen MR) is 120 cm³/mol. The lowest BCUT2D eigenvalue weighted by Gasteiger charge is -2.03. The second-order valence-electron chi connectivity index (χ2n) is 7.67. The molecule has 0 saturated carbocycles. The Balaban J connectivity index is 1.89. The van der Waals surface area contributed by atoms with Gasteiger partial charge in [-0.15, -0.1) is 0 Å². The van der Waals surface area contributed by atoms with Gasteiger partial charge in [-0.05, 0) is 31.2 Å². The fraction of sp³-hybridized carbons (Fsp3) is 0.0769. The molecule has 0 atom stereocenters. The summed E-state index contributed by atoms with van der Waals surface area (Å²) in [5.41, 5.74) is 6.59. The van der Waals surface area contributed by atoms with E-state index < -0.39 is 0 Å². The van der Waals surface area contributed by atoms with Crippen LogP contribution in [0.5, 0.6) is 0 Å². The molecule has 0 saturated heterocycles. The largest absolute Gasteiger partial charge is 0.341 e. The highest BCUT2D eigenvalue weighted by Gasteiger charge is 2.20. The van der Waals surface area contributed by atoms with Crippen molar-refractivity contribution in [3.8, 4) is 0 Å². The van der Waals surface area contributed by atoms with E-state index in [0.717, 1.165) is 6.54 Å². The lowest BCUT2D eigenvalue weighted by molar-refractivity contribution is 0.827. The first-order valence-corrected chi connectivity index (χ1v) is 9.95. The minimum absolute atomic E-state index is 0.974. The quantitative estimate of drug-likeness (QED) is 0.300. The highest BCUT2D eigenvalue weighted by Crippen LogP contribution is 2.43. The SMILES string of the molecule is CCn1c2ccccc2c2c3c4cccc5c6ccccc6n(c3ccc21)c54. The van der Waals surface area contributed by atoms with E-state index in [1.54, 1.807) is 0 Å². The van der Waals surface area contributed by atoms with Gasteiger partial charge in [0, 0.05) is 49.9 Å². The molecule has 0 fully saturated rings. The van der Waals surface area contributed by atoms with Crippen LogP contribution < -0.4 is 0 Å². The van der Waals surface area contributed by atoms with E-state index in [2.05, 4.69) is 94.8 Å². The number of aromatic nitrogens is 2. The van der Waals surface area contributed by atoms with Gasteiger partial charge in [-0.3, -0.25) is 0 Å². The van der Waals surface area contributed by atoms with E-state index in [4.69, 9.17) is 0 Å². The molecule has 28 heavy (non-hydrogen) atoms. The van der Waals surface area contributed by atoms with E-state index in [-0.39, 0.29) is 0 Å². The first kappa shape index (κ1) is 14.5. The molecule has 4 aromatic carbocycles. The van der Waals surface area contributed by atoms with Crippen LogP contribution in [0.4, 0.5) is 0 Å². The molecule has 2 heteroatoms. The van der Waals surface area contributed by atoms with Gasteiger partial charge < -0.3 is 8.97 Å². The minimum atomic E-state index is 0.974. The first-order valence-electron chi connectivity index (χ1n) is 9.95. The van der Waals surface area contributed by atoms with E-state index in [9.17, 15) is 0 Å². The van der Waals surface area contributed by atoms with Crippen molar-refractivity contribution in [2.75, 3.05) is 0 Å². The Morgan fingerprint density at radius 3 is 2.04 bits per heavy atom.